The lowest BCUT2D eigenvalue weighted by atomic mass is 10.4. The van der Waals surface area contributed by atoms with Gasteiger partial charge in [-0.15, -0.1) is 50.9 Å². The molecule has 0 amide bonds. The van der Waals surface area contributed by atoms with Crippen LogP contribution in [0.25, 0.3) is 0 Å². The Morgan fingerprint density at radius 1 is 1.08 bits per heavy atom. The highest BCUT2D eigenvalue weighted by atomic mass is 79.9. The van der Waals surface area contributed by atoms with E-state index in [0.717, 1.165) is 5.82 Å². The lowest BCUT2D eigenvalue weighted by Crippen LogP contribution is -2.09. The molecule has 0 spiro atoms. The molecular weight excluding hydrogens is 352 g/mol. The third-order valence-electron chi connectivity index (χ3n) is 1.11. The van der Waals surface area contributed by atoms with Crippen molar-refractivity contribution in [1.29, 1.82) is 0 Å². The van der Waals surface area contributed by atoms with Crippen LogP contribution in [0, 0.1) is 0 Å². The minimum Gasteiger partial charge on any atom is -0.363 e. The van der Waals surface area contributed by atoms with Crippen molar-refractivity contribution in [3.05, 3.63) is 24.4 Å². The molecule has 0 bridgehead atoms. The van der Waals surface area contributed by atoms with Gasteiger partial charge in [-0.05, 0) is 12.1 Å². The molecule has 0 saturated heterocycles. The second kappa shape index (κ2) is 9.48. The first-order valence-electron chi connectivity index (χ1n) is 2.89. The first kappa shape index (κ1) is 18.2. The van der Waals surface area contributed by atoms with Crippen LogP contribution < -0.4 is 4.90 Å². The summed E-state index contributed by atoms with van der Waals surface area (Å²) in [6.07, 6.45) is 1.79. The highest BCUT2D eigenvalue weighted by Crippen LogP contribution is 2.02. The molecule has 1 rings (SSSR count). The topological polar surface area (TPSA) is 16.1 Å². The van der Waals surface area contributed by atoms with E-state index in [4.69, 9.17) is 0 Å². The van der Waals surface area contributed by atoms with Crippen LogP contribution in [-0.2, 0) is 0 Å². The lowest BCUT2D eigenvalue weighted by molar-refractivity contribution is 1.07. The molecule has 5 heteroatoms. The summed E-state index contributed by atoms with van der Waals surface area (Å²) in [5, 5.41) is 0. The van der Waals surface area contributed by atoms with E-state index < -0.39 is 0 Å². The fourth-order valence-corrected chi connectivity index (χ4v) is 0.618. The second-order valence-corrected chi connectivity index (χ2v) is 2.08. The summed E-state index contributed by atoms with van der Waals surface area (Å²) in [4.78, 5) is 6.08. The van der Waals surface area contributed by atoms with Crippen LogP contribution in [0.1, 0.15) is 0 Å². The molecule has 1 aromatic heterocycles. The maximum atomic E-state index is 4.10. The summed E-state index contributed by atoms with van der Waals surface area (Å²) in [6.45, 7) is 0. The molecule has 0 fully saturated rings. The van der Waals surface area contributed by atoms with Gasteiger partial charge in [0.15, 0.2) is 0 Å². The number of hydrogen-bond donors (Lipinski definition) is 0. The fraction of sp³-hybridized carbons (Fsp3) is 0.286. The smallest absolute Gasteiger partial charge is 0.127 e. The maximum absolute atomic E-state index is 4.10. The van der Waals surface area contributed by atoms with E-state index in [2.05, 4.69) is 4.98 Å². The highest BCUT2D eigenvalue weighted by molar-refractivity contribution is 8.93. The van der Waals surface area contributed by atoms with Gasteiger partial charge in [0.25, 0.3) is 0 Å². The Labute approximate surface area is 105 Å². The number of pyridine rings is 1. The SMILES string of the molecule is Br.Br.Br.CN(C)c1ccccn1. The Kier molecular flexibility index (Phi) is 14.4. The second-order valence-electron chi connectivity index (χ2n) is 2.08. The molecule has 0 aromatic carbocycles. The number of halogens is 3. The molecule has 0 N–H and O–H groups in total. The Morgan fingerprint density at radius 3 is 1.92 bits per heavy atom. The van der Waals surface area contributed by atoms with E-state index in [1.807, 2.05) is 37.2 Å². The molecule has 0 aliphatic carbocycles. The summed E-state index contributed by atoms with van der Waals surface area (Å²) in [5.74, 6) is 0.998. The summed E-state index contributed by atoms with van der Waals surface area (Å²) in [5.41, 5.74) is 0. The molecule has 1 aromatic rings. The van der Waals surface area contributed by atoms with Gasteiger partial charge in [0.2, 0.25) is 0 Å². The van der Waals surface area contributed by atoms with Crippen molar-refractivity contribution in [1.82, 2.24) is 4.98 Å². The molecule has 0 aliphatic heterocycles. The summed E-state index contributed by atoms with van der Waals surface area (Å²) in [6, 6.07) is 5.86. The number of rotatable bonds is 1. The van der Waals surface area contributed by atoms with Crippen LogP contribution in [-0.4, -0.2) is 19.1 Å². The summed E-state index contributed by atoms with van der Waals surface area (Å²) < 4.78 is 0. The van der Waals surface area contributed by atoms with Crippen LogP contribution in [0.2, 0.25) is 0 Å². The Bertz CT molecular complexity index is 179. The molecule has 1 heterocycles. The van der Waals surface area contributed by atoms with Gasteiger partial charge in [0, 0.05) is 20.3 Å². The Hall–Kier alpha value is 0.390. The highest BCUT2D eigenvalue weighted by Gasteiger charge is 1.89. The lowest BCUT2D eigenvalue weighted by Gasteiger charge is -2.08. The third-order valence-corrected chi connectivity index (χ3v) is 1.11. The maximum Gasteiger partial charge on any atom is 0.127 e. The van der Waals surface area contributed by atoms with Gasteiger partial charge < -0.3 is 4.90 Å². The molecule has 0 unspecified atom stereocenters. The molecule has 0 atom stereocenters. The predicted octanol–water partition coefficient (Wildman–Crippen LogP) is 2.88. The zero-order chi connectivity index (χ0) is 6.69. The Morgan fingerprint density at radius 2 is 1.67 bits per heavy atom. The van der Waals surface area contributed by atoms with Gasteiger partial charge in [-0.2, -0.15) is 0 Å². The third kappa shape index (κ3) is 5.97. The van der Waals surface area contributed by atoms with Crippen molar-refractivity contribution in [3.63, 3.8) is 0 Å². The molecule has 0 radical (unpaired) electrons. The van der Waals surface area contributed by atoms with E-state index in [-0.39, 0.29) is 50.9 Å². The van der Waals surface area contributed by atoms with Crippen LogP contribution in [0.4, 0.5) is 5.82 Å². The quantitative estimate of drug-likeness (QED) is 0.761. The van der Waals surface area contributed by atoms with Crippen molar-refractivity contribution in [2.24, 2.45) is 0 Å². The van der Waals surface area contributed by atoms with Gasteiger partial charge in [0.1, 0.15) is 5.82 Å². The van der Waals surface area contributed by atoms with Gasteiger partial charge in [-0.3, -0.25) is 0 Å². The monoisotopic (exact) mass is 362 g/mol. The molecule has 72 valence electrons. The first-order chi connectivity index (χ1) is 4.30. The minimum atomic E-state index is 0. The fourth-order valence-electron chi connectivity index (χ4n) is 0.618. The number of hydrogen-bond acceptors (Lipinski definition) is 2. The van der Waals surface area contributed by atoms with Crippen molar-refractivity contribution in [2.75, 3.05) is 19.0 Å². The van der Waals surface area contributed by atoms with Crippen LogP contribution in [0.3, 0.4) is 0 Å². The van der Waals surface area contributed by atoms with Gasteiger partial charge in [0.05, 0.1) is 0 Å². The molecule has 2 nitrogen and oxygen atoms in total. The van der Waals surface area contributed by atoms with Crippen molar-refractivity contribution in [2.45, 2.75) is 0 Å². The van der Waals surface area contributed by atoms with Gasteiger partial charge in [-0.1, -0.05) is 6.07 Å². The van der Waals surface area contributed by atoms with E-state index >= 15 is 0 Å². The number of aromatic nitrogens is 1. The predicted molar refractivity (Wildman–Crippen MR) is 69.5 cm³/mol. The van der Waals surface area contributed by atoms with E-state index in [9.17, 15) is 0 Å². The van der Waals surface area contributed by atoms with E-state index in [1.54, 1.807) is 6.20 Å². The molecule has 0 aliphatic rings. The normalized spacial score (nSPS) is 6.83. The van der Waals surface area contributed by atoms with Crippen LogP contribution in [0.15, 0.2) is 24.4 Å². The molecule has 0 saturated carbocycles. The van der Waals surface area contributed by atoms with E-state index in [0.29, 0.717) is 0 Å². The summed E-state index contributed by atoms with van der Waals surface area (Å²) in [7, 11) is 3.95. The van der Waals surface area contributed by atoms with E-state index in [1.165, 1.54) is 0 Å². The average molecular weight is 365 g/mol. The average Bonchev–Trinajstić information content (AvgIpc) is 1.90. The standard InChI is InChI=1S/C7H10N2.3BrH/c1-9(2)7-5-3-4-6-8-7;;;/h3-6H,1-2H3;3*1H. The Balaban J connectivity index is -0.000000270. The first-order valence-corrected chi connectivity index (χ1v) is 2.89. The zero-order valence-corrected chi connectivity index (χ0v) is 12.1. The van der Waals surface area contributed by atoms with Crippen LogP contribution >= 0.6 is 50.9 Å². The summed E-state index contributed by atoms with van der Waals surface area (Å²) >= 11 is 0. The van der Waals surface area contributed by atoms with Crippen molar-refractivity contribution < 1.29 is 0 Å². The number of anilines is 1. The molecular formula is C7H13Br3N2. The minimum absolute atomic E-state index is 0. The van der Waals surface area contributed by atoms with Gasteiger partial charge >= 0.3 is 0 Å². The largest absolute Gasteiger partial charge is 0.363 e. The number of nitrogens with zero attached hydrogens (tertiary/aromatic N) is 2. The van der Waals surface area contributed by atoms with Gasteiger partial charge in [-0.25, -0.2) is 4.98 Å². The van der Waals surface area contributed by atoms with Crippen LogP contribution in [0.5, 0.6) is 0 Å². The zero-order valence-electron chi connectivity index (χ0n) is 6.93. The van der Waals surface area contributed by atoms with Crippen molar-refractivity contribution >= 4 is 56.8 Å². The molecule has 12 heavy (non-hydrogen) atoms. The van der Waals surface area contributed by atoms with Crippen molar-refractivity contribution in [3.8, 4) is 0 Å².